The predicted molar refractivity (Wildman–Crippen MR) is 71.7 cm³/mol. The van der Waals surface area contributed by atoms with Crippen LogP contribution in [0, 0.1) is 0 Å². The number of nitrogens with one attached hydrogen (secondary N) is 1. The number of nitrogens with zero attached hydrogens (tertiary/aromatic N) is 2. The fourth-order valence-corrected chi connectivity index (χ4v) is 2.25. The molecule has 18 heavy (non-hydrogen) atoms. The highest BCUT2D eigenvalue weighted by atomic mass is 35.5. The van der Waals surface area contributed by atoms with Crippen LogP contribution in [0.3, 0.4) is 0 Å². The zero-order valence-corrected chi connectivity index (χ0v) is 11.0. The third-order valence-electron chi connectivity index (χ3n) is 2.99. The molecule has 0 radical (unpaired) electrons. The van der Waals surface area contributed by atoms with E-state index in [1.54, 1.807) is 19.2 Å². The molecule has 2 rings (SSSR count). The first-order valence-electron chi connectivity index (χ1n) is 5.99. The van der Waals surface area contributed by atoms with Gasteiger partial charge in [-0.3, -0.25) is 4.79 Å². The Hall–Kier alpha value is -1.33. The molecule has 1 aliphatic heterocycles. The quantitative estimate of drug-likeness (QED) is 0.850. The van der Waals surface area contributed by atoms with Crippen molar-refractivity contribution in [1.82, 2.24) is 10.3 Å². The van der Waals surface area contributed by atoms with Gasteiger partial charge in [0.2, 0.25) is 5.91 Å². The van der Waals surface area contributed by atoms with Gasteiger partial charge in [0.25, 0.3) is 0 Å². The van der Waals surface area contributed by atoms with Gasteiger partial charge in [-0.1, -0.05) is 11.6 Å². The van der Waals surface area contributed by atoms with Gasteiger partial charge in [-0.2, -0.15) is 0 Å². The van der Waals surface area contributed by atoms with Crippen molar-refractivity contribution in [3.05, 3.63) is 23.4 Å². The van der Waals surface area contributed by atoms with Crippen molar-refractivity contribution in [3.8, 4) is 0 Å². The van der Waals surface area contributed by atoms with Crippen LogP contribution in [0.1, 0.15) is 13.3 Å². The number of rotatable bonds is 3. The predicted octanol–water partition coefficient (Wildman–Crippen LogP) is 0.777. The van der Waals surface area contributed by atoms with E-state index in [9.17, 15) is 4.79 Å². The molecular weight excluding hydrogens is 252 g/mol. The maximum Gasteiger partial charge on any atom is 0.236 e. The summed E-state index contributed by atoms with van der Waals surface area (Å²) in [7, 11) is 0. The summed E-state index contributed by atoms with van der Waals surface area (Å²) >= 11 is 6.10. The van der Waals surface area contributed by atoms with E-state index in [1.807, 2.05) is 6.07 Å². The number of hydrogen-bond acceptors (Lipinski definition) is 4. The molecule has 98 valence electrons. The smallest absolute Gasteiger partial charge is 0.236 e. The summed E-state index contributed by atoms with van der Waals surface area (Å²) in [4.78, 5) is 17.9. The second-order valence-electron chi connectivity index (χ2n) is 4.54. The number of aromatic nitrogens is 1. The highest BCUT2D eigenvalue weighted by molar-refractivity contribution is 6.32. The highest BCUT2D eigenvalue weighted by Crippen LogP contribution is 2.25. The van der Waals surface area contributed by atoms with Gasteiger partial charge in [-0.05, 0) is 25.5 Å². The first kappa shape index (κ1) is 13.1. The number of carbonyl (C=O) groups excluding carboxylic acids is 1. The van der Waals surface area contributed by atoms with Crippen LogP contribution in [0.5, 0.6) is 0 Å². The Labute approximate surface area is 111 Å². The van der Waals surface area contributed by atoms with Crippen LogP contribution in [0.2, 0.25) is 5.02 Å². The minimum absolute atomic E-state index is 0.113. The second kappa shape index (κ2) is 5.54. The number of pyridine rings is 1. The van der Waals surface area contributed by atoms with E-state index >= 15 is 0 Å². The number of hydrogen-bond donors (Lipinski definition) is 2. The summed E-state index contributed by atoms with van der Waals surface area (Å²) in [5.41, 5.74) is 5.52. The van der Waals surface area contributed by atoms with E-state index < -0.39 is 6.04 Å². The van der Waals surface area contributed by atoms with Gasteiger partial charge >= 0.3 is 0 Å². The van der Waals surface area contributed by atoms with E-state index in [2.05, 4.69) is 15.2 Å². The molecule has 0 saturated carbocycles. The van der Waals surface area contributed by atoms with E-state index in [4.69, 9.17) is 17.3 Å². The minimum atomic E-state index is -0.475. The van der Waals surface area contributed by atoms with Crippen LogP contribution in [-0.4, -0.2) is 36.1 Å². The van der Waals surface area contributed by atoms with Crippen LogP contribution < -0.4 is 16.0 Å². The van der Waals surface area contributed by atoms with Crippen LogP contribution in [0.25, 0.3) is 0 Å². The summed E-state index contributed by atoms with van der Waals surface area (Å²) in [5, 5.41) is 3.56. The standard InChI is InChI=1S/C12H17ClN4O/c1-8(14)12(18)16-9-4-6-17(7-9)11-10(13)3-2-5-15-11/h2-3,5,8-9H,4,6-7,14H2,1H3,(H,16,18). The molecule has 1 amide bonds. The third-order valence-corrected chi connectivity index (χ3v) is 3.28. The van der Waals surface area contributed by atoms with Crippen LogP contribution in [0.4, 0.5) is 5.82 Å². The topological polar surface area (TPSA) is 71.2 Å². The van der Waals surface area contributed by atoms with E-state index in [-0.39, 0.29) is 11.9 Å². The molecule has 1 aromatic rings. The van der Waals surface area contributed by atoms with E-state index in [0.29, 0.717) is 5.02 Å². The fraction of sp³-hybridized carbons (Fsp3) is 0.500. The lowest BCUT2D eigenvalue weighted by Crippen LogP contribution is -2.45. The Kier molecular flexibility index (Phi) is 4.04. The van der Waals surface area contributed by atoms with Gasteiger partial charge in [-0.25, -0.2) is 4.98 Å². The van der Waals surface area contributed by atoms with Crippen molar-refractivity contribution in [3.63, 3.8) is 0 Å². The van der Waals surface area contributed by atoms with Gasteiger partial charge in [0, 0.05) is 25.3 Å². The number of amides is 1. The molecule has 0 aliphatic carbocycles. The number of anilines is 1. The van der Waals surface area contributed by atoms with Crippen LogP contribution in [0.15, 0.2) is 18.3 Å². The molecule has 0 bridgehead atoms. The summed E-state index contributed by atoms with van der Waals surface area (Å²) < 4.78 is 0. The molecule has 2 unspecified atom stereocenters. The lowest BCUT2D eigenvalue weighted by molar-refractivity contribution is -0.122. The molecule has 0 aromatic carbocycles. The van der Waals surface area contributed by atoms with Gasteiger partial charge in [0.1, 0.15) is 5.82 Å². The molecule has 1 aliphatic rings. The molecule has 3 N–H and O–H groups in total. The summed E-state index contributed by atoms with van der Waals surface area (Å²) in [6.45, 7) is 3.23. The first-order chi connectivity index (χ1) is 8.58. The lowest BCUT2D eigenvalue weighted by atomic mass is 10.2. The zero-order chi connectivity index (χ0) is 13.1. The lowest BCUT2D eigenvalue weighted by Gasteiger charge is -2.19. The highest BCUT2D eigenvalue weighted by Gasteiger charge is 2.26. The van der Waals surface area contributed by atoms with Crippen molar-refractivity contribution >= 4 is 23.3 Å². The molecule has 0 spiro atoms. The summed E-state index contributed by atoms with van der Waals surface area (Å²) in [5.74, 6) is 0.658. The Morgan fingerprint density at radius 1 is 1.72 bits per heavy atom. The monoisotopic (exact) mass is 268 g/mol. The maximum absolute atomic E-state index is 11.5. The van der Waals surface area contributed by atoms with Crippen molar-refractivity contribution in [2.45, 2.75) is 25.4 Å². The van der Waals surface area contributed by atoms with Crippen LogP contribution >= 0.6 is 11.6 Å². The Morgan fingerprint density at radius 2 is 2.50 bits per heavy atom. The van der Waals surface area contributed by atoms with Crippen molar-refractivity contribution < 1.29 is 4.79 Å². The van der Waals surface area contributed by atoms with Gasteiger partial charge in [-0.15, -0.1) is 0 Å². The SMILES string of the molecule is CC(N)C(=O)NC1CCN(c2ncccc2Cl)C1. The molecule has 6 heteroatoms. The average molecular weight is 269 g/mol. The molecule has 1 fully saturated rings. The Bertz CT molecular complexity index is 438. The third kappa shape index (κ3) is 2.91. The first-order valence-corrected chi connectivity index (χ1v) is 6.37. The minimum Gasteiger partial charge on any atom is -0.353 e. The molecule has 2 heterocycles. The average Bonchev–Trinajstić information content (AvgIpc) is 2.77. The molecular formula is C12H17ClN4O. The van der Waals surface area contributed by atoms with Gasteiger partial charge in [0.05, 0.1) is 11.1 Å². The Morgan fingerprint density at radius 3 is 3.17 bits per heavy atom. The van der Waals surface area contributed by atoms with Crippen LogP contribution in [-0.2, 0) is 4.79 Å². The van der Waals surface area contributed by atoms with Crippen molar-refractivity contribution in [2.75, 3.05) is 18.0 Å². The fourth-order valence-electron chi connectivity index (χ4n) is 2.01. The zero-order valence-electron chi connectivity index (χ0n) is 10.3. The van der Waals surface area contributed by atoms with E-state index in [0.717, 1.165) is 25.3 Å². The summed E-state index contributed by atoms with van der Waals surface area (Å²) in [6, 6.07) is 3.26. The second-order valence-corrected chi connectivity index (χ2v) is 4.94. The summed E-state index contributed by atoms with van der Waals surface area (Å²) in [6.07, 6.45) is 2.60. The van der Waals surface area contributed by atoms with E-state index in [1.165, 1.54) is 0 Å². The number of nitrogens with two attached hydrogens (primary N) is 1. The van der Waals surface area contributed by atoms with Crippen molar-refractivity contribution in [2.24, 2.45) is 5.73 Å². The molecule has 5 nitrogen and oxygen atoms in total. The molecule has 1 saturated heterocycles. The molecule has 2 atom stereocenters. The maximum atomic E-state index is 11.5. The van der Waals surface area contributed by atoms with Crippen molar-refractivity contribution in [1.29, 1.82) is 0 Å². The number of halogens is 1. The van der Waals surface area contributed by atoms with Gasteiger partial charge in [0.15, 0.2) is 0 Å². The largest absolute Gasteiger partial charge is 0.353 e. The molecule has 1 aromatic heterocycles. The van der Waals surface area contributed by atoms with Gasteiger partial charge < -0.3 is 16.0 Å². The normalized spacial score (nSPS) is 20.8. The number of carbonyl (C=O) groups is 1. The Balaban J connectivity index is 1.97.